The minimum atomic E-state index is -0.391. The Labute approximate surface area is 280 Å². The zero-order valence-corrected chi connectivity index (χ0v) is 27.4. The number of allylic oxidation sites excluding steroid dienone is 6. The van der Waals surface area contributed by atoms with Crippen LogP contribution in [-0.4, -0.2) is 13.2 Å². The molecule has 236 valence electrons. The highest BCUT2D eigenvalue weighted by Crippen LogP contribution is 2.40. The molecule has 0 aliphatic heterocycles. The van der Waals surface area contributed by atoms with Crippen molar-refractivity contribution in [2.24, 2.45) is 11.8 Å². The minimum Gasteiger partial charge on any atom is -0.380 e. The van der Waals surface area contributed by atoms with Crippen molar-refractivity contribution in [3.63, 3.8) is 0 Å². The van der Waals surface area contributed by atoms with Crippen molar-refractivity contribution in [2.45, 2.75) is 24.7 Å². The molecule has 2 N–H and O–H groups in total. The Morgan fingerprint density at radius 3 is 1.28 bits per heavy atom. The van der Waals surface area contributed by atoms with Crippen molar-refractivity contribution in [3.8, 4) is 0 Å². The van der Waals surface area contributed by atoms with Gasteiger partial charge in [0.2, 0.25) is 0 Å². The summed E-state index contributed by atoms with van der Waals surface area (Å²) in [5.41, 5.74) is 8.31. The molecule has 0 bridgehead atoms. The molecule has 2 aliphatic rings. The van der Waals surface area contributed by atoms with Crippen molar-refractivity contribution in [1.29, 1.82) is 0 Å². The van der Waals surface area contributed by atoms with E-state index in [9.17, 15) is 0 Å². The predicted molar refractivity (Wildman–Crippen MR) is 200 cm³/mol. The lowest BCUT2D eigenvalue weighted by Gasteiger charge is -2.31. The fourth-order valence-electron chi connectivity index (χ4n) is 6.31. The molecule has 0 spiro atoms. The van der Waals surface area contributed by atoms with Gasteiger partial charge < -0.3 is 15.4 Å². The largest absolute Gasteiger partial charge is 0.380 e. The van der Waals surface area contributed by atoms with Gasteiger partial charge in [-0.3, -0.25) is 0 Å². The molecule has 3 nitrogen and oxygen atoms in total. The van der Waals surface area contributed by atoms with Crippen molar-refractivity contribution < 1.29 is 4.74 Å². The van der Waals surface area contributed by atoms with E-state index in [4.69, 9.17) is 4.74 Å². The third-order valence-corrected chi connectivity index (χ3v) is 9.22. The summed E-state index contributed by atoms with van der Waals surface area (Å²) in [5.74, 6) is 0.396. The average molecular weight is 617 g/mol. The summed E-state index contributed by atoms with van der Waals surface area (Å²) in [4.78, 5) is 0. The lowest BCUT2D eigenvalue weighted by molar-refractivity contribution is 0.111. The SMILES string of the molecule is C=CC1(c2ccccc2Nc2ccc(C)cc2)C=CC(COCC2C=CC(C=C)(c3ccccc3Nc3ccc(C)cc3)C=C2)C=C1. The van der Waals surface area contributed by atoms with Gasteiger partial charge in [0.1, 0.15) is 0 Å². The highest BCUT2D eigenvalue weighted by Gasteiger charge is 2.30. The molecule has 4 aromatic carbocycles. The van der Waals surface area contributed by atoms with E-state index in [2.05, 4.69) is 183 Å². The number of hydrogen-bond acceptors (Lipinski definition) is 3. The van der Waals surface area contributed by atoms with Crippen LogP contribution in [0.2, 0.25) is 0 Å². The molecule has 0 unspecified atom stereocenters. The van der Waals surface area contributed by atoms with Crippen LogP contribution in [0.15, 0.2) is 171 Å². The lowest BCUT2D eigenvalue weighted by Crippen LogP contribution is -2.24. The molecule has 0 radical (unpaired) electrons. The van der Waals surface area contributed by atoms with Gasteiger partial charge >= 0.3 is 0 Å². The van der Waals surface area contributed by atoms with Crippen LogP contribution in [0.4, 0.5) is 22.7 Å². The molecule has 0 saturated carbocycles. The maximum atomic E-state index is 6.27. The summed E-state index contributed by atoms with van der Waals surface area (Å²) in [6.07, 6.45) is 22.0. The Bertz CT molecular complexity index is 1660. The van der Waals surface area contributed by atoms with Crippen molar-refractivity contribution >= 4 is 22.7 Å². The maximum Gasteiger partial charge on any atom is 0.0563 e. The number of ether oxygens (including phenoxy) is 1. The Morgan fingerprint density at radius 2 is 0.915 bits per heavy atom. The molecule has 4 aromatic rings. The van der Waals surface area contributed by atoms with Gasteiger partial charge in [-0.2, -0.15) is 0 Å². The van der Waals surface area contributed by atoms with Crippen molar-refractivity contribution in [1.82, 2.24) is 0 Å². The smallest absolute Gasteiger partial charge is 0.0563 e. The van der Waals surface area contributed by atoms with E-state index >= 15 is 0 Å². The monoisotopic (exact) mass is 616 g/mol. The van der Waals surface area contributed by atoms with Crippen LogP contribution < -0.4 is 10.6 Å². The second-order valence-corrected chi connectivity index (χ2v) is 12.6. The molecule has 0 heterocycles. The van der Waals surface area contributed by atoms with Gasteiger partial charge in [0.25, 0.3) is 0 Å². The molecule has 0 amide bonds. The van der Waals surface area contributed by atoms with E-state index in [1.54, 1.807) is 0 Å². The Morgan fingerprint density at radius 1 is 0.553 bits per heavy atom. The third-order valence-electron chi connectivity index (χ3n) is 9.22. The molecular weight excluding hydrogens is 572 g/mol. The Hall–Kier alpha value is -5.12. The first-order chi connectivity index (χ1) is 22.9. The summed E-state index contributed by atoms with van der Waals surface area (Å²) in [6.45, 7) is 13.9. The third kappa shape index (κ3) is 7.16. The number of benzene rings is 4. The molecule has 6 rings (SSSR count). The molecule has 0 fully saturated rings. The van der Waals surface area contributed by atoms with Gasteiger partial charge in [-0.25, -0.2) is 0 Å². The second-order valence-electron chi connectivity index (χ2n) is 12.6. The van der Waals surface area contributed by atoms with Gasteiger partial charge in [-0.05, 0) is 61.4 Å². The van der Waals surface area contributed by atoms with Crippen LogP contribution in [-0.2, 0) is 15.6 Å². The van der Waals surface area contributed by atoms with Crippen LogP contribution in [0.1, 0.15) is 22.3 Å². The minimum absolute atomic E-state index is 0.198. The Balaban J connectivity index is 1.07. The number of para-hydroxylation sites is 2. The quantitative estimate of drug-likeness (QED) is 0.155. The number of nitrogens with one attached hydrogen (secondary N) is 2. The van der Waals surface area contributed by atoms with Crippen LogP contribution in [0.5, 0.6) is 0 Å². The zero-order chi connectivity index (χ0) is 32.7. The second kappa shape index (κ2) is 14.1. The number of hydrogen-bond donors (Lipinski definition) is 2. The lowest BCUT2D eigenvalue weighted by atomic mass is 9.75. The van der Waals surface area contributed by atoms with E-state index in [1.807, 2.05) is 12.2 Å². The van der Waals surface area contributed by atoms with Gasteiger partial charge in [0, 0.05) is 34.6 Å². The summed E-state index contributed by atoms with van der Waals surface area (Å²) in [6, 6.07) is 33.9. The van der Waals surface area contributed by atoms with Crippen LogP contribution in [0.3, 0.4) is 0 Å². The molecule has 0 atom stereocenters. The van der Waals surface area contributed by atoms with E-state index < -0.39 is 10.8 Å². The van der Waals surface area contributed by atoms with Crippen LogP contribution in [0.25, 0.3) is 0 Å². The first-order valence-corrected chi connectivity index (χ1v) is 16.4. The van der Waals surface area contributed by atoms with Gasteiger partial charge in [-0.1, -0.05) is 133 Å². The molecule has 0 saturated heterocycles. The van der Waals surface area contributed by atoms with Crippen LogP contribution in [0, 0.1) is 25.7 Å². The molecule has 0 aromatic heterocycles. The maximum absolute atomic E-state index is 6.27. The molecule has 3 heteroatoms. The summed E-state index contributed by atoms with van der Waals surface area (Å²) in [7, 11) is 0. The zero-order valence-electron chi connectivity index (χ0n) is 27.4. The standard InChI is InChI=1S/C44H44N2O/c1-5-43(39-11-7-9-13-41(39)45-37-19-15-33(3)16-20-37)27-23-35(24-28-43)31-47-32-36-25-29-44(6-2,30-26-36)40-12-8-10-14-42(40)46-38-21-17-34(4)18-22-38/h5-30,35-36,45-46H,1-2,31-32H2,3-4H3. The van der Waals surface area contributed by atoms with Gasteiger partial charge in [0.05, 0.1) is 24.0 Å². The van der Waals surface area contributed by atoms with Crippen molar-refractivity contribution in [2.75, 3.05) is 23.8 Å². The summed E-state index contributed by atoms with van der Waals surface area (Å²) >= 11 is 0. The first-order valence-electron chi connectivity index (χ1n) is 16.4. The fourth-order valence-corrected chi connectivity index (χ4v) is 6.31. The van der Waals surface area contributed by atoms with E-state index in [0.29, 0.717) is 13.2 Å². The Kier molecular flexibility index (Phi) is 9.56. The summed E-state index contributed by atoms with van der Waals surface area (Å²) < 4.78 is 6.27. The number of rotatable bonds is 12. The molecular formula is C44H44N2O. The van der Waals surface area contributed by atoms with Gasteiger partial charge in [0.15, 0.2) is 0 Å². The first kappa shape index (κ1) is 31.8. The molecule has 47 heavy (non-hydrogen) atoms. The molecule has 2 aliphatic carbocycles. The highest BCUT2D eigenvalue weighted by atomic mass is 16.5. The van der Waals surface area contributed by atoms with E-state index in [0.717, 1.165) is 22.7 Å². The summed E-state index contributed by atoms with van der Waals surface area (Å²) in [5, 5.41) is 7.22. The highest BCUT2D eigenvalue weighted by molar-refractivity contribution is 5.69. The number of anilines is 4. The van der Waals surface area contributed by atoms with E-state index in [-0.39, 0.29) is 11.8 Å². The topological polar surface area (TPSA) is 33.3 Å². The van der Waals surface area contributed by atoms with Crippen molar-refractivity contribution in [3.05, 3.63) is 193 Å². The van der Waals surface area contributed by atoms with E-state index in [1.165, 1.54) is 22.3 Å². The predicted octanol–water partition coefficient (Wildman–Crippen LogP) is 10.8. The van der Waals surface area contributed by atoms with Gasteiger partial charge in [-0.15, -0.1) is 13.2 Å². The van der Waals surface area contributed by atoms with Crippen LogP contribution >= 0.6 is 0 Å². The number of aryl methyl sites for hydroxylation is 2. The fraction of sp³-hybridized carbons (Fsp3) is 0.182. The normalized spacial score (nSPS) is 22.9. The average Bonchev–Trinajstić information content (AvgIpc) is 3.11.